The average Bonchev–Trinajstić information content (AvgIpc) is 3.19. The maximum absolute atomic E-state index is 5.40. The third-order valence-electron chi connectivity index (χ3n) is 5.30. The smallest absolute Gasteiger partial charge is 0.119 e. The molecule has 2 aromatic carbocycles. The highest BCUT2D eigenvalue weighted by molar-refractivity contribution is 7.99. The zero-order valence-corrected chi connectivity index (χ0v) is 16.1. The largest absolute Gasteiger partial charge is 0.497 e. The molecule has 2 aliphatic heterocycles. The lowest BCUT2D eigenvalue weighted by atomic mass is 10.1. The number of nitrogens with zero attached hydrogens (tertiary/aromatic N) is 3. The van der Waals surface area contributed by atoms with Crippen molar-refractivity contribution < 1.29 is 4.74 Å². The fourth-order valence-corrected chi connectivity index (χ4v) is 4.69. The molecule has 1 aromatic heterocycles. The van der Waals surface area contributed by atoms with E-state index in [4.69, 9.17) is 4.74 Å². The summed E-state index contributed by atoms with van der Waals surface area (Å²) in [6.07, 6.45) is 1.92. The van der Waals surface area contributed by atoms with Gasteiger partial charge in [0.25, 0.3) is 0 Å². The Balaban J connectivity index is 1.41. The number of anilines is 3. The topological polar surface area (TPSA) is 40.6 Å². The molecule has 5 nitrogen and oxygen atoms in total. The molecule has 0 atom stereocenters. The number of hydrogen-bond donors (Lipinski definition) is 1. The summed E-state index contributed by atoms with van der Waals surface area (Å²) in [6.45, 7) is 3.08. The predicted octanol–water partition coefficient (Wildman–Crippen LogP) is 4.14. The third kappa shape index (κ3) is 3.04. The van der Waals surface area contributed by atoms with Gasteiger partial charge in [0.2, 0.25) is 0 Å². The lowest BCUT2D eigenvalue weighted by molar-refractivity contribution is 0.415. The van der Waals surface area contributed by atoms with E-state index in [-0.39, 0.29) is 0 Å². The lowest BCUT2D eigenvalue weighted by Gasteiger charge is -2.29. The second-order valence-corrected chi connectivity index (χ2v) is 8.07. The molecule has 0 aliphatic carbocycles. The van der Waals surface area contributed by atoms with E-state index < -0.39 is 0 Å². The van der Waals surface area contributed by atoms with Gasteiger partial charge in [0.15, 0.2) is 0 Å². The highest BCUT2D eigenvalue weighted by Gasteiger charge is 2.22. The molecule has 3 aromatic rings. The van der Waals surface area contributed by atoms with Crippen LogP contribution in [0.3, 0.4) is 0 Å². The number of methoxy groups -OCH3 is 1. The Hall–Kier alpha value is -2.60. The van der Waals surface area contributed by atoms with Crippen LogP contribution >= 0.6 is 11.8 Å². The Morgan fingerprint density at radius 3 is 2.59 bits per heavy atom. The number of ether oxygens (including phenoxy) is 1. The number of aromatic nitrogens is 1. The average molecular weight is 379 g/mol. The Kier molecular flexibility index (Phi) is 4.20. The van der Waals surface area contributed by atoms with E-state index in [1.54, 1.807) is 7.11 Å². The van der Waals surface area contributed by atoms with Gasteiger partial charge in [-0.1, -0.05) is 0 Å². The molecule has 6 heteroatoms. The first-order chi connectivity index (χ1) is 13.3. The molecule has 3 heterocycles. The summed E-state index contributed by atoms with van der Waals surface area (Å²) in [5.41, 5.74) is 9.29. The van der Waals surface area contributed by atoms with Crippen LogP contribution in [0, 0.1) is 0 Å². The van der Waals surface area contributed by atoms with Crippen LogP contribution < -0.4 is 20.1 Å². The summed E-state index contributed by atoms with van der Waals surface area (Å²) in [4.78, 5) is 7.05. The molecule has 0 unspecified atom stereocenters. The molecule has 2 aliphatic rings. The van der Waals surface area contributed by atoms with Gasteiger partial charge >= 0.3 is 0 Å². The monoisotopic (exact) mass is 378 g/mol. The third-order valence-corrected chi connectivity index (χ3v) is 6.24. The van der Waals surface area contributed by atoms with Crippen LogP contribution in [0.25, 0.3) is 10.9 Å². The van der Waals surface area contributed by atoms with Crippen LogP contribution in [-0.4, -0.2) is 36.7 Å². The van der Waals surface area contributed by atoms with Crippen molar-refractivity contribution in [3.63, 3.8) is 0 Å². The molecular formula is C21H22N4OS. The van der Waals surface area contributed by atoms with Gasteiger partial charge in [-0.25, -0.2) is 0 Å². The van der Waals surface area contributed by atoms with Crippen LogP contribution in [0.2, 0.25) is 0 Å². The molecule has 0 saturated carbocycles. The van der Waals surface area contributed by atoms with E-state index in [0.29, 0.717) is 0 Å². The Bertz CT molecular complexity index is 970. The van der Waals surface area contributed by atoms with Crippen molar-refractivity contribution in [1.29, 1.82) is 0 Å². The van der Waals surface area contributed by atoms with Crippen LogP contribution in [0.15, 0.2) is 48.7 Å². The highest BCUT2D eigenvalue weighted by atomic mass is 32.2. The van der Waals surface area contributed by atoms with Crippen LogP contribution in [0.5, 0.6) is 5.75 Å². The van der Waals surface area contributed by atoms with Crippen molar-refractivity contribution >= 4 is 39.7 Å². The zero-order chi connectivity index (χ0) is 18.2. The van der Waals surface area contributed by atoms with Gasteiger partial charge in [0.1, 0.15) is 5.75 Å². The van der Waals surface area contributed by atoms with E-state index in [0.717, 1.165) is 47.7 Å². The molecule has 0 amide bonds. The standard InChI is InChI=1S/C21H22N4OS/c1-26-17-6-7-20-18(12-17)19-14-25(23-21(19)13-22-20)16-4-2-15(3-5-16)24-8-10-27-11-9-24/h2-7,12-13,23H,8-11,14H2,1H3. The highest BCUT2D eigenvalue weighted by Crippen LogP contribution is 2.35. The quantitative estimate of drug-likeness (QED) is 0.739. The maximum Gasteiger partial charge on any atom is 0.119 e. The molecule has 5 rings (SSSR count). The zero-order valence-electron chi connectivity index (χ0n) is 15.3. The van der Waals surface area contributed by atoms with Gasteiger partial charge in [-0.05, 0) is 42.5 Å². The number of nitrogens with one attached hydrogen (secondary N) is 1. The number of thioether (sulfide) groups is 1. The van der Waals surface area contributed by atoms with Crippen molar-refractivity contribution in [3.8, 4) is 5.75 Å². The summed E-state index contributed by atoms with van der Waals surface area (Å²) in [5, 5.41) is 3.32. The van der Waals surface area contributed by atoms with E-state index in [9.17, 15) is 0 Å². The minimum atomic E-state index is 0.807. The van der Waals surface area contributed by atoms with Crippen molar-refractivity contribution in [1.82, 2.24) is 4.98 Å². The van der Waals surface area contributed by atoms with Gasteiger partial charge in [-0.2, -0.15) is 11.8 Å². The Morgan fingerprint density at radius 2 is 1.81 bits per heavy atom. The molecule has 27 heavy (non-hydrogen) atoms. The van der Waals surface area contributed by atoms with Crippen molar-refractivity contribution in [2.75, 3.05) is 47.0 Å². The molecule has 0 radical (unpaired) electrons. The number of pyridine rings is 1. The molecule has 1 N–H and O–H groups in total. The van der Waals surface area contributed by atoms with E-state index in [1.807, 2.05) is 30.1 Å². The van der Waals surface area contributed by atoms with Gasteiger partial charge < -0.3 is 9.64 Å². The van der Waals surface area contributed by atoms with Crippen LogP contribution in [0.4, 0.5) is 17.1 Å². The first-order valence-electron chi connectivity index (χ1n) is 9.24. The molecular weight excluding hydrogens is 356 g/mol. The van der Waals surface area contributed by atoms with Crippen molar-refractivity contribution in [2.24, 2.45) is 0 Å². The van der Waals surface area contributed by atoms with Gasteiger partial charge in [0, 0.05) is 41.2 Å². The summed E-state index contributed by atoms with van der Waals surface area (Å²) < 4.78 is 5.40. The van der Waals surface area contributed by atoms with Crippen LogP contribution in [-0.2, 0) is 6.54 Å². The normalized spacial score (nSPS) is 16.3. The Morgan fingerprint density at radius 1 is 1.04 bits per heavy atom. The number of hydrazine groups is 1. The number of fused-ring (bicyclic) bond motifs is 3. The van der Waals surface area contributed by atoms with E-state index in [1.165, 1.54) is 22.8 Å². The number of benzene rings is 2. The minimum absolute atomic E-state index is 0.807. The second kappa shape index (κ2) is 6.85. The van der Waals surface area contributed by atoms with Gasteiger partial charge in [-0.15, -0.1) is 0 Å². The summed E-state index contributed by atoms with van der Waals surface area (Å²) in [6, 6.07) is 14.9. The van der Waals surface area contributed by atoms with E-state index in [2.05, 4.69) is 50.7 Å². The summed E-state index contributed by atoms with van der Waals surface area (Å²) in [7, 11) is 1.70. The lowest BCUT2D eigenvalue weighted by Crippen LogP contribution is -2.32. The molecule has 0 spiro atoms. The molecule has 138 valence electrons. The SMILES string of the molecule is COc1ccc2ncc3c(c2c1)CN(c1ccc(N2CCSCC2)cc1)N3. The van der Waals surface area contributed by atoms with E-state index >= 15 is 0 Å². The van der Waals surface area contributed by atoms with Crippen LogP contribution in [0.1, 0.15) is 5.56 Å². The second-order valence-electron chi connectivity index (χ2n) is 6.85. The molecule has 1 saturated heterocycles. The molecule has 1 fully saturated rings. The number of hydrogen-bond acceptors (Lipinski definition) is 6. The van der Waals surface area contributed by atoms with Crippen molar-refractivity contribution in [2.45, 2.75) is 6.54 Å². The van der Waals surface area contributed by atoms with Gasteiger partial charge in [0.05, 0.1) is 36.7 Å². The summed E-state index contributed by atoms with van der Waals surface area (Å²) >= 11 is 2.04. The predicted molar refractivity (Wildman–Crippen MR) is 114 cm³/mol. The van der Waals surface area contributed by atoms with Gasteiger partial charge in [-0.3, -0.25) is 15.4 Å². The summed E-state index contributed by atoms with van der Waals surface area (Å²) in [5.74, 6) is 3.29. The maximum atomic E-state index is 5.40. The number of rotatable bonds is 3. The fourth-order valence-electron chi connectivity index (χ4n) is 3.78. The first kappa shape index (κ1) is 16.6. The van der Waals surface area contributed by atoms with Crippen molar-refractivity contribution in [3.05, 3.63) is 54.2 Å². The Labute approximate surface area is 163 Å². The minimum Gasteiger partial charge on any atom is -0.497 e. The first-order valence-corrected chi connectivity index (χ1v) is 10.4. The molecule has 0 bridgehead atoms. The fraction of sp³-hybridized carbons (Fsp3) is 0.286.